The SMILES string of the molecule is COc1ccccc1C1CNCCN1C(=O)Cc1csc(-c2cccs2)n1. The molecule has 1 aliphatic rings. The summed E-state index contributed by atoms with van der Waals surface area (Å²) in [4.78, 5) is 20.8. The van der Waals surface area contributed by atoms with Crippen LogP contribution in [0.3, 0.4) is 0 Å². The standard InChI is InChI=1S/C20H21N3O2S2/c1-25-17-6-3-2-5-15(17)16-12-21-8-9-23(16)19(24)11-14-13-27-20(22-14)18-7-4-10-26-18/h2-7,10,13,16,21H,8-9,11-12H2,1H3. The van der Waals surface area contributed by atoms with Crippen LogP contribution in [0.1, 0.15) is 17.3 Å². The van der Waals surface area contributed by atoms with Gasteiger partial charge in [0.25, 0.3) is 0 Å². The molecule has 0 aliphatic carbocycles. The second-order valence-electron chi connectivity index (χ2n) is 6.35. The summed E-state index contributed by atoms with van der Waals surface area (Å²) in [5.74, 6) is 0.924. The van der Waals surface area contributed by atoms with Gasteiger partial charge in [0.15, 0.2) is 0 Å². The molecule has 5 nitrogen and oxygen atoms in total. The van der Waals surface area contributed by atoms with Crippen molar-refractivity contribution >= 4 is 28.6 Å². The fourth-order valence-corrected chi connectivity index (χ4v) is 5.01. The quantitative estimate of drug-likeness (QED) is 0.712. The van der Waals surface area contributed by atoms with E-state index in [1.54, 1.807) is 29.8 Å². The Morgan fingerprint density at radius 1 is 1.30 bits per heavy atom. The van der Waals surface area contributed by atoms with E-state index >= 15 is 0 Å². The number of hydrogen-bond donors (Lipinski definition) is 1. The summed E-state index contributed by atoms with van der Waals surface area (Å²) in [5.41, 5.74) is 1.88. The first-order chi connectivity index (χ1) is 13.3. The van der Waals surface area contributed by atoms with E-state index in [4.69, 9.17) is 4.74 Å². The molecule has 4 rings (SSSR count). The third-order valence-corrected chi connectivity index (χ3v) is 6.61. The molecular formula is C20H21N3O2S2. The van der Waals surface area contributed by atoms with E-state index in [0.29, 0.717) is 13.0 Å². The first-order valence-electron chi connectivity index (χ1n) is 8.87. The predicted molar refractivity (Wildman–Crippen MR) is 109 cm³/mol. The fraction of sp³-hybridized carbons (Fsp3) is 0.300. The molecule has 0 radical (unpaired) electrons. The number of benzene rings is 1. The van der Waals surface area contributed by atoms with E-state index in [2.05, 4.69) is 16.4 Å². The van der Waals surface area contributed by atoms with Crippen molar-refractivity contribution in [2.75, 3.05) is 26.7 Å². The van der Waals surface area contributed by atoms with Crippen LogP contribution in [0.4, 0.5) is 0 Å². The van der Waals surface area contributed by atoms with Gasteiger partial charge in [0.05, 0.1) is 30.1 Å². The summed E-state index contributed by atoms with van der Waals surface area (Å²) in [6.07, 6.45) is 0.327. The molecule has 1 amide bonds. The maximum Gasteiger partial charge on any atom is 0.229 e. The summed E-state index contributed by atoms with van der Waals surface area (Å²) < 4.78 is 5.51. The Labute approximate surface area is 166 Å². The Morgan fingerprint density at radius 3 is 3.00 bits per heavy atom. The minimum absolute atomic E-state index is 0.0298. The van der Waals surface area contributed by atoms with Crippen LogP contribution >= 0.6 is 22.7 Å². The molecule has 1 aromatic carbocycles. The third-order valence-electron chi connectivity index (χ3n) is 4.68. The third kappa shape index (κ3) is 3.90. The van der Waals surface area contributed by atoms with Gasteiger partial charge in [0, 0.05) is 30.6 Å². The number of methoxy groups -OCH3 is 1. The van der Waals surface area contributed by atoms with Crippen LogP contribution in [0, 0.1) is 0 Å². The van der Waals surface area contributed by atoms with Crippen LogP contribution in [0.2, 0.25) is 0 Å². The van der Waals surface area contributed by atoms with Gasteiger partial charge in [-0.15, -0.1) is 22.7 Å². The zero-order valence-corrected chi connectivity index (χ0v) is 16.7. The van der Waals surface area contributed by atoms with Crippen LogP contribution in [0.15, 0.2) is 47.2 Å². The van der Waals surface area contributed by atoms with Gasteiger partial charge in [-0.25, -0.2) is 4.98 Å². The van der Waals surface area contributed by atoms with Crippen molar-refractivity contribution in [3.8, 4) is 15.6 Å². The Balaban J connectivity index is 1.53. The molecule has 0 bridgehead atoms. The molecule has 1 atom stereocenters. The molecule has 2 aromatic heterocycles. The van der Waals surface area contributed by atoms with E-state index in [1.165, 1.54) is 0 Å². The molecule has 1 fully saturated rings. The second-order valence-corrected chi connectivity index (χ2v) is 8.15. The van der Waals surface area contributed by atoms with E-state index in [1.807, 2.05) is 46.0 Å². The van der Waals surface area contributed by atoms with Crippen molar-refractivity contribution in [1.29, 1.82) is 0 Å². The van der Waals surface area contributed by atoms with Crippen LogP contribution in [-0.2, 0) is 11.2 Å². The van der Waals surface area contributed by atoms with E-state index in [9.17, 15) is 4.79 Å². The van der Waals surface area contributed by atoms with Crippen LogP contribution in [-0.4, -0.2) is 42.5 Å². The van der Waals surface area contributed by atoms with E-state index in [0.717, 1.165) is 40.0 Å². The van der Waals surface area contributed by atoms with Gasteiger partial charge in [-0.3, -0.25) is 4.79 Å². The van der Waals surface area contributed by atoms with Crippen LogP contribution in [0.25, 0.3) is 9.88 Å². The highest BCUT2D eigenvalue weighted by atomic mass is 32.1. The number of nitrogens with one attached hydrogen (secondary N) is 1. The first-order valence-corrected chi connectivity index (χ1v) is 10.6. The van der Waals surface area contributed by atoms with E-state index < -0.39 is 0 Å². The van der Waals surface area contributed by atoms with Gasteiger partial charge in [-0.1, -0.05) is 24.3 Å². The van der Waals surface area contributed by atoms with Gasteiger partial charge in [-0.05, 0) is 17.5 Å². The molecule has 7 heteroatoms. The number of thiazole rings is 1. The van der Waals surface area contributed by atoms with Crippen molar-refractivity contribution in [2.24, 2.45) is 0 Å². The Kier molecular flexibility index (Phi) is 5.52. The Hall–Kier alpha value is -2.22. The van der Waals surface area contributed by atoms with Crippen molar-refractivity contribution < 1.29 is 9.53 Å². The van der Waals surface area contributed by atoms with Crippen molar-refractivity contribution in [3.05, 3.63) is 58.4 Å². The number of amides is 1. The highest BCUT2D eigenvalue weighted by Gasteiger charge is 2.30. The minimum atomic E-state index is -0.0298. The Morgan fingerprint density at radius 2 is 2.19 bits per heavy atom. The van der Waals surface area contributed by atoms with Crippen molar-refractivity contribution in [2.45, 2.75) is 12.5 Å². The summed E-state index contributed by atoms with van der Waals surface area (Å²) in [6, 6.07) is 12.0. The van der Waals surface area contributed by atoms with Crippen molar-refractivity contribution in [3.63, 3.8) is 0 Å². The van der Waals surface area contributed by atoms with E-state index in [-0.39, 0.29) is 11.9 Å². The normalized spacial score (nSPS) is 17.1. The number of thiophene rings is 1. The lowest BCUT2D eigenvalue weighted by molar-refractivity contribution is -0.133. The monoisotopic (exact) mass is 399 g/mol. The van der Waals surface area contributed by atoms with Crippen molar-refractivity contribution in [1.82, 2.24) is 15.2 Å². The smallest absolute Gasteiger partial charge is 0.229 e. The van der Waals surface area contributed by atoms with Gasteiger partial charge in [0.1, 0.15) is 10.8 Å². The van der Waals surface area contributed by atoms with Gasteiger partial charge >= 0.3 is 0 Å². The zero-order valence-electron chi connectivity index (χ0n) is 15.1. The number of ether oxygens (including phenoxy) is 1. The van der Waals surface area contributed by atoms with Crippen LogP contribution in [0.5, 0.6) is 5.75 Å². The lowest BCUT2D eigenvalue weighted by atomic mass is 10.0. The topological polar surface area (TPSA) is 54.5 Å². The average Bonchev–Trinajstić information content (AvgIpc) is 3.39. The largest absolute Gasteiger partial charge is 0.496 e. The van der Waals surface area contributed by atoms with Gasteiger partial charge in [0.2, 0.25) is 5.91 Å². The second kappa shape index (κ2) is 8.21. The summed E-state index contributed by atoms with van der Waals surface area (Å²) in [7, 11) is 1.67. The number of carbonyl (C=O) groups excluding carboxylic acids is 1. The molecule has 1 unspecified atom stereocenters. The number of piperazine rings is 1. The fourth-order valence-electron chi connectivity index (χ4n) is 3.38. The molecule has 1 saturated heterocycles. The summed E-state index contributed by atoms with van der Waals surface area (Å²) in [6.45, 7) is 2.21. The maximum atomic E-state index is 13.1. The molecular weight excluding hydrogens is 378 g/mol. The Bertz CT molecular complexity index is 908. The average molecular weight is 400 g/mol. The molecule has 3 aromatic rings. The van der Waals surface area contributed by atoms with Crippen LogP contribution < -0.4 is 10.1 Å². The number of hydrogen-bond acceptors (Lipinski definition) is 6. The number of para-hydroxylation sites is 1. The minimum Gasteiger partial charge on any atom is -0.496 e. The summed E-state index contributed by atoms with van der Waals surface area (Å²) >= 11 is 3.26. The molecule has 27 heavy (non-hydrogen) atoms. The number of nitrogens with zero attached hydrogens (tertiary/aromatic N) is 2. The lowest BCUT2D eigenvalue weighted by Gasteiger charge is -2.37. The van der Waals surface area contributed by atoms with Gasteiger partial charge in [-0.2, -0.15) is 0 Å². The highest BCUT2D eigenvalue weighted by Crippen LogP contribution is 2.31. The molecule has 3 heterocycles. The number of carbonyl (C=O) groups is 1. The van der Waals surface area contributed by atoms with Gasteiger partial charge < -0.3 is 15.0 Å². The molecule has 0 spiro atoms. The number of aromatic nitrogens is 1. The lowest BCUT2D eigenvalue weighted by Crippen LogP contribution is -2.49. The zero-order chi connectivity index (χ0) is 18.6. The molecule has 1 aliphatic heterocycles. The predicted octanol–water partition coefficient (Wildman–Crippen LogP) is 3.60. The highest BCUT2D eigenvalue weighted by molar-refractivity contribution is 7.20. The first kappa shape index (κ1) is 18.2. The molecule has 1 N–H and O–H groups in total. The number of rotatable bonds is 5. The maximum absolute atomic E-state index is 13.1. The molecule has 140 valence electrons. The summed E-state index contributed by atoms with van der Waals surface area (Å²) in [5, 5.41) is 8.41. The molecule has 0 saturated carbocycles.